The first-order chi connectivity index (χ1) is 7.45. The normalized spacial score (nSPS) is 14.8. The Bertz CT molecular complexity index is 260. The first-order valence-electron chi connectivity index (χ1n) is 4.44. The minimum Gasteiger partial charge on any atom is -0.320 e. The SMILES string of the molecule is CSC[C@H](N)C(=O)S(=O)C(=O)[C@@H](N)CSC. The second-order valence-electron chi connectivity index (χ2n) is 3.03. The molecule has 2 atom stereocenters. The molecule has 0 rings (SSSR count). The summed E-state index contributed by atoms with van der Waals surface area (Å²) in [6.07, 6.45) is 3.55. The van der Waals surface area contributed by atoms with E-state index in [0.717, 1.165) is 0 Å². The maximum atomic E-state index is 11.5. The number of thioether (sulfide) groups is 2. The number of carbonyl (C=O) groups is 2. The number of rotatable bonds is 6. The van der Waals surface area contributed by atoms with Crippen LogP contribution in [0.25, 0.3) is 0 Å². The Hall–Kier alpha value is 0.110. The van der Waals surface area contributed by atoms with E-state index in [1.54, 1.807) is 12.5 Å². The van der Waals surface area contributed by atoms with Gasteiger partial charge in [0.05, 0.1) is 12.1 Å². The number of nitrogens with two attached hydrogens (primary N) is 2. The molecule has 0 radical (unpaired) electrons. The van der Waals surface area contributed by atoms with Gasteiger partial charge in [0.15, 0.2) is 10.8 Å². The van der Waals surface area contributed by atoms with Crippen LogP contribution in [0.3, 0.4) is 0 Å². The lowest BCUT2D eigenvalue weighted by atomic mass is 10.4. The molecule has 0 aliphatic heterocycles. The van der Waals surface area contributed by atoms with Crippen molar-refractivity contribution in [2.24, 2.45) is 11.5 Å². The van der Waals surface area contributed by atoms with Gasteiger partial charge in [0.25, 0.3) is 0 Å². The van der Waals surface area contributed by atoms with E-state index in [1.165, 1.54) is 23.5 Å². The summed E-state index contributed by atoms with van der Waals surface area (Å²) in [5.41, 5.74) is 11.0. The van der Waals surface area contributed by atoms with Gasteiger partial charge in [-0.1, -0.05) is 0 Å². The Kier molecular flexibility index (Phi) is 8.29. The lowest BCUT2D eigenvalue weighted by Crippen LogP contribution is -2.43. The molecule has 5 nitrogen and oxygen atoms in total. The van der Waals surface area contributed by atoms with Crippen LogP contribution < -0.4 is 11.5 Å². The van der Waals surface area contributed by atoms with E-state index < -0.39 is 33.1 Å². The third kappa shape index (κ3) is 4.96. The van der Waals surface area contributed by atoms with Crippen LogP contribution in [0.4, 0.5) is 0 Å². The fourth-order valence-electron chi connectivity index (χ4n) is 0.869. The van der Waals surface area contributed by atoms with Crippen molar-refractivity contribution in [1.82, 2.24) is 0 Å². The fourth-order valence-corrected chi connectivity index (χ4v) is 3.02. The van der Waals surface area contributed by atoms with Crippen molar-refractivity contribution < 1.29 is 13.8 Å². The van der Waals surface area contributed by atoms with Gasteiger partial charge in [0.2, 0.25) is 10.2 Å². The highest BCUT2D eigenvalue weighted by Gasteiger charge is 2.29. The summed E-state index contributed by atoms with van der Waals surface area (Å²) in [5, 5.41) is -1.48. The summed E-state index contributed by atoms with van der Waals surface area (Å²) in [6, 6.07) is -1.75. The highest BCUT2D eigenvalue weighted by Crippen LogP contribution is 2.03. The maximum Gasteiger partial charge on any atom is 0.244 e. The molecule has 0 spiro atoms. The standard InChI is InChI=1S/C8H16N2O3S3/c1-14-3-5(9)7(11)16(13)8(12)6(10)4-15-2/h5-6H,3-4,9-10H2,1-2H3/t5-,6-/m0/s1. The van der Waals surface area contributed by atoms with E-state index >= 15 is 0 Å². The summed E-state index contributed by atoms with van der Waals surface area (Å²) in [7, 11) is -2.23. The van der Waals surface area contributed by atoms with Gasteiger partial charge in [-0.15, -0.1) is 0 Å². The van der Waals surface area contributed by atoms with Crippen molar-refractivity contribution in [2.75, 3.05) is 24.0 Å². The molecule has 4 N–H and O–H groups in total. The average molecular weight is 284 g/mol. The summed E-state index contributed by atoms with van der Waals surface area (Å²) in [6.45, 7) is 0. The zero-order valence-corrected chi connectivity index (χ0v) is 11.6. The third-order valence-corrected chi connectivity index (χ3v) is 4.38. The molecule has 0 aliphatic carbocycles. The molecule has 0 aliphatic rings. The molecule has 0 fully saturated rings. The van der Waals surface area contributed by atoms with Gasteiger partial charge in [-0.05, 0) is 12.5 Å². The average Bonchev–Trinajstić information content (AvgIpc) is 2.26. The smallest absolute Gasteiger partial charge is 0.244 e. The highest BCUT2D eigenvalue weighted by molar-refractivity contribution is 8.13. The van der Waals surface area contributed by atoms with Gasteiger partial charge in [-0.3, -0.25) is 9.59 Å². The van der Waals surface area contributed by atoms with E-state index in [-0.39, 0.29) is 0 Å². The lowest BCUT2D eigenvalue weighted by molar-refractivity contribution is -0.114. The molecule has 16 heavy (non-hydrogen) atoms. The number of hydrogen-bond acceptors (Lipinski definition) is 7. The van der Waals surface area contributed by atoms with Gasteiger partial charge in [-0.25, -0.2) is 4.21 Å². The Morgan fingerprint density at radius 1 is 1.06 bits per heavy atom. The predicted molar refractivity (Wildman–Crippen MR) is 70.9 cm³/mol. The Balaban J connectivity index is 4.43. The minimum atomic E-state index is -2.23. The van der Waals surface area contributed by atoms with Crippen LogP contribution in [-0.4, -0.2) is 50.5 Å². The van der Waals surface area contributed by atoms with Gasteiger partial charge < -0.3 is 11.5 Å². The topological polar surface area (TPSA) is 103 Å². The summed E-state index contributed by atoms with van der Waals surface area (Å²) in [5.74, 6) is 0.686. The predicted octanol–water partition coefficient (Wildman–Crippen LogP) is -0.831. The second-order valence-corrected chi connectivity index (χ2v) is 6.19. The van der Waals surface area contributed by atoms with Crippen LogP contribution in [0.1, 0.15) is 0 Å². The minimum absolute atomic E-state index is 0.343. The molecular weight excluding hydrogens is 268 g/mol. The largest absolute Gasteiger partial charge is 0.320 e. The zero-order valence-electron chi connectivity index (χ0n) is 9.17. The zero-order chi connectivity index (χ0) is 12.7. The molecule has 0 aromatic carbocycles. The van der Waals surface area contributed by atoms with Gasteiger partial charge in [0.1, 0.15) is 0 Å². The third-order valence-electron chi connectivity index (χ3n) is 1.66. The molecule has 0 aromatic heterocycles. The summed E-state index contributed by atoms with van der Waals surface area (Å²) < 4.78 is 11.5. The van der Waals surface area contributed by atoms with Crippen LogP contribution in [0.15, 0.2) is 0 Å². The van der Waals surface area contributed by atoms with E-state index in [2.05, 4.69) is 0 Å². The number of hydrogen-bond donors (Lipinski definition) is 2. The van der Waals surface area contributed by atoms with E-state index in [4.69, 9.17) is 11.5 Å². The highest BCUT2D eigenvalue weighted by atomic mass is 32.2. The quantitative estimate of drug-likeness (QED) is 0.656. The second kappa shape index (κ2) is 8.24. The summed E-state index contributed by atoms with van der Waals surface area (Å²) in [4.78, 5) is 22.9. The van der Waals surface area contributed by atoms with Crippen LogP contribution in [-0.2, 0) is 20.4 Å². The van der Waals surface area contributed by atoms with Crippen molar-refractivity contribution in [1.29, 1.82) is 0 Å². The van der Waals surface area contributed by atoms with Crippen molar-refractivity contribution in [3.8, 4) is 0 Å². The monoisotopic (exact) mass is 284 g/mol. The number of carbonyl (C=O) groups excluding carboxylic acids is 2. The molecule has 94 valence electrons. The van der Waals surface area contributed by atoms with Crippen LogP contribution >= 0.6 is 23.5 Å². The lowest BCUT2D eigenvalue weighted by Gasteiger charge is -2.10. The van der Waals surface area contributed by atoms with E-state index in [9.17, 15) is 13.8 Å². The van der Waals surface area contributed by atoms with Crippen molar-refractivity contribution in [3.05, 3.63) is 0 Å². The molecule has 8 heteroatoms. The first-order valence-corrected chi connectivity index (χ1v) is 8.38. The van der Waals surface area contributed by atoms with Crippen molar-refractivity contribution in [3.63, 3.8) is 0 Å². The van der Waals surface area contributed by atoms with Crippen LogP contribution in [0.5, 0.6) is 0 Å². The van der Waals surface area contributed by atoms with Gasteiger partial charge in [0, 0.05) is 11.5 Å². The molecule has 0 saturated carbocycles. The molecule has 0 amide bonds. The van der Waals surface area contributed by atoms with Gasteiger partial charge >= 0.3 is 0 Å². The van der Waals surface area contributed by atoms with E-state index in [0.29, 0.717) is 11.5 Å². The van der Waals surface area contributed by atoms with E-state index in [1.807, 2.05) is 0 Å². The van der Waals surface area contributed by atoms with Crippen LogP contribution in [0, 0.1) is 0 Å². The van der Waals surface area contributed by atoms with Gasteiger partial charge in [-0.2, -0.15) is 23.5 Å². The summed E-state index contributed by atoms with van der Waals surface area (Å²) >= 11 is 2.72. The first kappa shape index (κ1) is 16.1. The van der Waals surface area contributed by atoms with Crippen molar-refractivity contribution >= 4 is 44.6 Å². The Labute approximate surface area is 106 Å². The molecule has 0 aromatic rings. The Morgan fingerprint density at radius 2 is 1.38 bits per heavy atom. The molecule has 0 bridgehead atoms. The van der Waals surface area contributed by atoms with Crippen molar-refractivity contribution in [2.45, 2.75) is 12.1 Å². The molecule has 0 saturated heterocycles. The Morgan fingerprint density at radius 3 is 1.62 bits per heavy atom. The van der Waals surface area contributed by atoms with Crippen LogP contribution in [0.2, 0.25) is 0 Å². The molecular formula is C8H16N2O3S3. The molecule has 0 heterocycles. The maximum absolute atomic E-state index is 11.5. The fraction of sp³-hybridized carbons (Fsp3) is 0.750. The molecule has 0 unspecified atom stereocenters.